The number of benzene rings is 1. The molecule has 2 aromatic rings. The summed E-state index contributed by atoms with van der Waals surface area (Å²) >= 11 is 5.85. The Morgan fingerprint density at radius 2 is 2.09 bits per heavy atom. The standard InChI is InChI=1S/C17H18ClN3O/c18-13-3-6-16(19-9-13)21-14-4-1-12(2-5-14)17-8-7-15(10-22-17)20-11-17/h1-6,9,15,20H,7-8,10-11H2,(H,19,21). The second kappa shape index (κ2) is 5.54. The molecule has 2 bridgehead atoms. The highest BCUT2D eigenvalue weighted by molar-refractivity contribution is 6.30. The predicted octanol–water partition coefficient (Wildman–Crippen LogP) is 3.46. The minimum absolute atomic E-state index is 0.147. The topological polar surface area (TPSA) is 46.2 Å². The number of hydrogen-bond donors (Lipinski definition) is 2. The molecule has 0 saturated carbocycles. The molecular formula is C17H18ClN3O. The molecule has 1 aromatic heterocycles. The van der Waals surface area contributed by atoms with Crippen molar-refractivity contribution >= 4 is 23.1 Å². The Labute approximate surface area is 134 Å². The summed E-state index contributed by atoms with van der Waals surface area (Å²) < 4.78 is 6.11. The molecule has 0 amide bonds. The zero-order valence-electron chi connectivity index (χ0n) is 12.2. The van der Waals surface area contributed by atoms with E-state index in [-0.39, 0.29) is 5.60 Å². The molecule has 114 valence electrons. The Balaban J connectivity index is 1.52. The number of rotatable bonds is 3. The van der Waals surface area contributed by atoms with Crippen molar-refractivity contribution in [2.45, 2.75) is 24.5 Å². The van der Waals surface area contributed by atoms with E-state index in [2.05, 4.69) is 39.9 Å². The summed E-state index contributed by atoms with van der Waals surface area (Å²) in [6.45, 7) is 1.72. The molecule has 1 aromatic carbocycles. The van der Waals surface area contributed by atoms with Crippen LogP contribution >= 0.6 is 11.6 Å². The third kappa shape index (κ3) is 2.58. The third-order valence-corrected chi connectivity index (χ3v) is 4.77. The van der Waals surface area contributed by atoms with Crippen molar-refractivity contribution in [1.29, 1.82) is 0 Å². The summed E-state index contributed by atoms with van der Waals surface area (Å²) in [6, 6.07) is 12.7. The summed E-state index contributed by atoms with van der Waals surface area (Å²) in [5.74, 6) is 0.784. The number of anilines is 2. The Hall–Kier alpha value is -1.62. The SMILES string of the molecule is Clc1ccc(Nc2ccc(C34CCC(CO3)NC4)cc2)nc1. The summed E-state index contributed by atoms with van der Waals surface area (Å²) in [5, 5.41) is 7.47. The number of piperidine rings is 1. The molecule has 0 spiro atoms. The van der Waals surface area contributed by atoms with E-state index in [0.717, 1.165) is 31.1 Å². The normalized spacial score (nSPS) is 26.9. The average molecular weight is 316 g/mol. The minimum atomic E-state index is -0.147. The molecule has 5 rings (SSSR count). The van der Waals surface area contributed by atoms with Crippen LogP contribution in [0, 0.1) is 0 Å². The number of fused-ring (bicyclic) bond motifs is 3. The third-order valence-electron chi connectivity index (χ3n) is 4.54. The molecule has 2 N–H and O–H groups in total. The molecule has 3 aliphatic heterocycles. The van der Waals surface area contributed by atoms with Gasteiger partial charge in [-0.3, -0.25) is 0 Å². The zero-order chi connectivity index (χ0) is 15.0. The maximum absolute atomic E-state index is 6.11. The number of halogens is 1. The molecule has 2 unspecified atom stereocenters. The van der Waals surface area contributed by atoms with E-state index in [1.807, 2.05) is 12.1 Å². The molecule has 2 atom stereocenters. The lowest BCUT2D eigenvalue weighted by Gasteiger charge is -2.47. The van der Waals surface area contributed by atoms with Gasteiger partial charge in [-0.15, -0.1) is 0 Å². The highest BCUT2D eigenvalue weighted by Gasteiger charge is 2.42. The van der Waals surface area contributed by atoms with Crippen molar-refractivity contribution < 1.29 is 4.74 Å². The van der Waals surface area contributed by atoms with Crippen molar-refractivity contribution in [2.24, 2.45) is 0 Å². The van der Waals surface area contributed by atoms with E-state index in [1.165, 1.54) is 12.0 Å². The van der Waals surface area contributed by atoms with Crippen molar-refractivity contribution in [1.82, 2.24) is 10.3 Å². The number of hydrogen-bond acceptors (Lipinski definition) is 4. The van der Waals surface area contributed by atoms with Gasteiger partial charge < -0.3 is 15.4 Å². The van der Waals surface area contributed by atoms with Crippen LogP contribution in [0.4, 0.5) is 11.5 Å². The van der Waals surface area contributed by atoms with Crippen LogP contribution in [0.1, 0.15) is 18.4 Å². The first-order chi connectivity index (χ1) is 10.7. The van der Waals surface area contributed by atoms with Gasteiger partial charge in [0.25, 0.3) is 0 Å². The lowest BCUT2D eigenvalue weighted by molar-refractivity contribution is -0.129. The zero-order valence-corrected chi connectivity index (χ0v) is 12.9. The van der Waals surface area contributed by atoms with Crippen molar-refractivity contribution in [2.75, 3.05) is 18.5 Å². The van der Waals surface area contributed by atoms with Gasteiger partial charge in [-0.05, 0) is 42.7 Å². The van der Waals surface area contributed by atoms with Gasteiger partial charge >= 0.3 is 0 Å². The molecule has 3 aliphatic rings. The Morgan fingerprint density at radius 1 is 1.23 bits per heavy atom. The van der Waals surface area contributed by atoms with E-state index in [9.17, 15) is 0 Å². The maximum Gasteiger partial charge on any atom is 0.130 e. The first-order valence-corrected chi connectivity index (χ1v) is 7.98. The molecule has 4 heterocycles. The Kier molecular flexibility index (Phi) is 3.53. The fraction of sp³-hybridized carbons (Fsp3) is 0.353. The quantitative estimate of drug-likeness (QED) is 0.910. The van der Waals surface area contributed by atoms with Crippen LogP contribution in [0.15, 0.2) is 42.6 Å². The van der Waals surface area contributed by atoms with E-state index < -0.39 is 0 Å². The Morgan fingerprint density at radius 3 is 2.68 bits per heavy atom. The van der Waals surface area contributed by atoms with Crippen molar-refractivity contribution in [3.8, 4) is 0 Å². The van der Waals surface area contributed by atoms with Crippen LogP contribution in [0.25, 0.3) is 0 Å². The van der Waals surface area contributed by atoms with Crippen LogP contribution in [-0.2, 0) is 10.3 Å². The number of nitrogens with zero attached hydrogens (tertiary/aromatic N) is 1. The predicted molar refractivity (Wildman–Crippen MR) is 87.6 cm³/mol. The summed E-state index contributed by atoms with van der Waals surface area (Å²) in [6.07, 6.45) is 3.92. The Bertz CT molecular complexity index is 635. The maximum atomic E-state index is 6.11. The summed E-state index contributed by atoms with van der Waals surface area (Å²) in [4.78, 5) is 4.24. The van der Waals surface area contributed by atoms with Gasteiger partial charge in [-0.2, -0.15) is 0 Å². The number of nitrogens with one attached hydrogen (secondary N) is 2. The van der Waals surface area contributed by atoms with E-state index in [0.29, 0.717) is 11.1 Å². The lowest BCUT2D eigenvalue weighted by Crippen LogP contribution is -2.57. The van der Waals surface area contributed by atoms with Crippen LogP contribution in [-0.4, -0.2) is 24.2 Å². The van der Waals surface area contributed by atoms with Crippen molar-refractivity contribution in [3.05, 3.63) is 53.2 Å². The number of aromatic nitrogens is 1. The molecule has 0 aliphatic carbocycles. The van der Waals surface area contributed by atoms with E-state index >= 15 is 0 Å². The van der Waals surface area contributed by atoms with Gasteiger partial charge in [0.15, 0.2) is 0 Å². The first kappa shape index (κ1) is 14.0. The van der Waals surface area contributed by atoms with Gasteiger partial charge in [-0.25, -0.2) is 4.98 Å². The number of morpholine rings is 1. The largest absolute Gasteiger partial charge is 0.367 e. The minimum Gasteiger partial charge on any atom is -0.367 e. The van der Waals surface area contributed by atoms with Gasteiger partial charge in [0.1, 0.15) is 11.4 Å². The van der Waals surface area contributed by atoms with Gasteiger partial charge in [0, 0.05) is 24.5 Å². The number of ether oxygens (including phenoxy) is 1. The first-order valence-electron chi connectivity index (χ1n) is 7.60. The van der Waals surface area contributed by atoms with Gasteiger partial charge in [-0.1, -0.05) is 23.7 Å². The fourth-order valence-electron chi connectivity index (χ4n) is 3.22. The molecule has 3 fully saturated rings. The lowest BCUT2D eigenvalue weighted by atomic mass is 9.81. The van der Waals surface area contributed by atoms with Crippen LogP contribution in [0.2, 0.25) is 5.02 Å². The average Bonchev–Trinajstić information content (AvgIpc) is 2.59. The van der Waals surface area contributed by atoms with Crippen LogP contribution in [0.5, 0.6) is 0 Å². The highest BCUT2D eigenvalue weighted by atomic mass is 35.5. The second-order valence-electron chi connectivity index (χ2n) is 5.99. The van der Waals surface area contributed by atoms with Crippen LogP contribution < -0.4 is 10.6 Å². The van der Waals surface area contributed by atoms with Gasteiger partial charge in [0.2, 0.25) is 0 Å². The summed E-state index contributed by atoms with van der Waals surface area (Å²) in [7, 11) is 0. The molecule has 5 heteroatoms. The van der Waals surface area contributed by atoms with Gasteiger partial charge in [0.05, 0.1) is 11.6 Å². The molecule has 4 nitrogen and oxygen atoms in total. The molecule has 3 saturated heterocycles. The second-order valence-corrected chi connectivity index (χ2v) is 6.42. The molecular weight excluding hydrogens is 298 g/mol. The molecule has 22 heavy (non-hydrogen) atoms. The monoisotopic (exact) mass is 315 g/mol. The number of pyridine rings is 1. The highest BCUT2D eigenvalue weighted by Crippen LogP contribution is 2.38. The van der Waals surface area contributed by atoms with E-state index in [4.69, 9.17) is 16.3 Å². The van der Waals surface area contributed by atoms with E-state index in [1.54, 1.807) is 6.20 Å². The molecule has 0 radical (unpaired) electrons. The summed E-state index contributed by atoms with van der Waals surface area (Å²) in [5.41, 5.74) is 2.10. The smallest absolute Gasteiger partial charge is 0.130 e. The van der Waals surface area contributed by atoms with Crippen molar-refractivity contribution in [3.63, 3.8) is 0 Å². The van der Waals surface area contributed by atoms with Crippen LogP contribution in [0.3, 0.4) is 0 Å². The fourth-order valence-corrected chi connectivity index (χ4v) is 3.33.